The summed E-state index contributed by atoms with van der Waals surface area (Å²) in [6.07, 6.45) is 2.79. The fraction of sp³-hybridized carbons (Fsp3) is 0.600. The minimum absolute atomic E-state index is 0.0542. The standard InChI is InChI=1S/C15H22N2O3S/c1-15(2,3)20-14(18)17-10-7-12(8-11-17)21(19)13-6-4-5-9-16-13/h4-6,9,12H,7-8,10-11H2,1-3H3. The number of rotatable bonds is 2. The number of pyridine rings is 1. The third-order valence-corrected chi connectivity index (χ3v) is 4.97. The molecule has 1 amide bonds. The van der Waals surface area contributed by atoms with Crippen molar-refractivity contribution in [3.8, 4) is 0 Å². The molecule has 116 valence electrons. The quantitative estimate of drug-likeness (QED) is 0.842. The van der Waals surface area contributed by atoms with Crippen molar-refractivity contribution in [3.63, 3.8) is 0 Å². The Morgan fingerprint density at radius 1 is 1.33 bits per heavy atom. The van der Waals surface area contributed by atoms with E-state index in [1.807, 2.05) is 32.9 Å². The predicted octanol–water partition coefficient (Wildman–Crippen LogP) is 2.59. The Bertz CT molecular complexity index is 505. The van der Waals surface area contributed by atoms with Crippen LogP contribution in [0.4, 0.5) is 4.79 Å². The van der Waals surface area contributed by atoms with Gasteiger partial charge in [0.25, 0.3) is 0 Å². The van der Waals surface area contributed by atoms with Crippen LogP contribution in [0.3, 0.4) is 0 Å². The molecule has 2 heterocycles. The van der Waals surface area contributed by atoms with Crippen LogP contribution in [0.2, 0.25) is 0 Å². The molecule has 5 nitrogen and oxygen atoms in total. The molecule has 0 N–H and O–H groups in total. The van der Waals surface area contributed by atoms with Gasteiger partial charge in [0.1, 0.15) is 10.6 Å². The summed E-state index contributed by atoms with van der Waals surface area (Å²) in [7, 11) is -1.11. The highest BCUT2D eigenvalue weighted by molar-refractivity contribution is 7.85. The zero-order chi connectivity index (χ0) is 15.5. The maximum absolute atomic E-state index is 12.4. The molecule has 1 aliphatic heterocycles. The molecule has 6 heteroatoms. The van der Waals surface area contributed by atoms with E-state index in [0.717, 1.165) is 0 Å². The van der Waals surface area contributed by atoms with Gasteiger partial charge in [-0.1, -0.05) is 6.07 Å². The van der Waals surface area contributed by atoms with Crippen molar-refractivity contribution in [2.75, 3.05) is 13.1 Å². The molecule has 0 aromatic carbocycles. The molecule has 1 unspecified atom stereocenters. The number of piperidine rings is 1. The van der Waals surface area contributed by atoms with Crippen LogP contribution in [-0.2, 0) is 15.5 Å². The van der Waals surface area contributed by atoms with E-state index in [4.69, 9.17) is 4.74 Å². The molecule has 1 saturated heterocycles. The van der Waals surface area contributed by atoms with Gasteiger partial charge in [0.15, 0.2) is 0 Å². The number of aromatic nitrogens is 1. The Hall–Kier alpha value is -1.43. The van der Waals surface area contributed by atoms with Crippen LogP contribution in [0.25, 0.3) is 0 Å². The maximum atomic E-state index is 12.4. The number of ether oxygens (including phenoxy) is 1. The van der Waals surface area contributed by atoms with Crippen molar-refractivity contribution in [3.05, 3.63) is 24.4 Å². The molecule has 1 atom stereocenters. The van der Waals surface area contributed by atoms with Gasteiger partial charge in [0.05, 0.1) is 10.8 Å². The first-order valence-electron chi connectivity index (χ1n) is 7.16. The van der Waals surface area contributed by atoms with Crippen LogP contribution in [0.15, 0.2) is 29.4 Å². The van der Waals surface area contributed by atoms with Crippen molar-refractivity contribution in [1.82, 2.24) is 9.88 Å². The van der Waals surface area contributed by atoms with E-state index in [1.54, 1.807) is 17.2 Å². The third kappa shape index (κ3) is 4.52. The van der Waals surface area contributed by atoms with E-state index in [-0.39, 0.29) is 11.3 Å². The zero-order valence-electron chi connectivity index (χ0n) is 12.7. The SMILES string of the molecule is CC(C)(C)OC(=O)N1CCC(S(=O)c2ccccn2)CC1. The lowest BCUT2D eigenvalue weighted by Gasteiger charge is -2.32. The first kappa shape index (κ1) is 15.9. The molecule has 1 aromatic rings. The summed E-state index contributed by atoms with van der Waals surface area (Å²) < 4.78 is 17.8. The van der Waals surface area contributed by atoms with E-state index in [1.165, 1.54) is 0 Å². The highest BCUT2D eigenvalue weighted by Gasteiger charge is 2.30. The lowest BCUT2D eigenvalue weighted by Crippen LogP contribution is -2.43. The largest absolute Gasteiger partial charge is 0.444 e. The van der Waals surface area contributed by atoms with Crippen LogP contribution in [-0.4, -0.2) is 44.1 Å². The van der Waals surface area contributed by atoms with Gasteiger partial charge in [-0.2, -0.15) is 0 Å². The highest BCUT2D eigenvalue weighted by atomic mass is 32.2. The van der Waals surface area contributed by atoms with Crippen LogP contribution in [0.5, 0.6) is 0 Å². The number of amides is 1. The first-order valence-corrected chi connectivity index (χ1v) is 8.37. The summed E-state index contributed by atoms with van der Waals surface area (Å²) in [5.74, 6) is 0. The van der Waals surface area contributed by atoms with Crippen LogP contribution < -0.4 is 0 Å². The molecule has 0 saturated carbocycles. The fourth-order valence-corrected chi connectivity index (χ4v) is 3.57. The molecule has 21 heavy (non-hydrogen) atoms. The fourth-order valence-electron chi connectivity index (χ4n) is 2.22. The Morgan fingerprint density at radius 3 is 2.52 bits per heavy atom. The molecule has 0 radical (unpaired) electrons. The van der Waals surface area contributed by atoms with Gasteiger partial charge in [-0.05, 0) is 45.7 Å². The topological polar surface area (TPSA) is 59.5 Å². The number of likely N-dealkylation sites (tertiary alicyclic amines) is 1. The van der Waals surface area contributed by atoms with Crippen LogP contribution >= 0.6 is 0 Å². The molecule has 0 bridgehead atoms. The molecule has 1 aliphatic rings. The zero-order valence-corrected chi connectivity index (χ0v) is 13.6. The summed E-state index contributed by atoms with van der Waals surface area (Å²) in [5.41, 5.74) is -0.481. The van der Waals surface area contributed by atoms with Crippen molar-refractivity contribution < 1.29 is 13.7 Å². The number of nitrogens with zero attached hydrogens (tertiary/aromatic N) is 2. The summed E-state index contributed by atoms with van der Waals surface area (Å²) in [4.78, 5) is 17.8. The number of hydrogen-bond acceptors (Lipinski definition) is 4. The van der Waals surface area contributed by atoms with E-state index in [9.17, 15) is 9.00 Å². The first-order chi connectivity index (χ1) is 9.87. The monoisotopic (exact) mass is 310 g/mol. The normalized spacial score (nSPS) is 18.3. The van der Waals surface area contributed by atoms with Gasteiger partial charge in [-0.25, -0.2) is 9.78 Å². The Labute approximate surface area is 128 Å². The van der Waals surface area contributed by atoms with E-state index in [0.29, 0.717) is 31.0 Å². The second-order valence-corrected chi connectivity index (χ2v) is 7.81. The van der Waals surface area contributed by atoms with Crippen LogP contribution in [0.1, 0.15) is 33.6 Å². The van der Waals surface area contributed by atoms with E-state index < -0.39 is 16.4 Å². The Kier molecular flexibility index (Phi) is 4.98. The van der Waals surface area contributed by atoms with E-state index >= 15 is 0 Å². The number of carbonyl (C=O) groups excluding carboxylic acids is 1. The van der Waals surface area contributed by atoms with Gasteiger partial charge in [-0.15, -0.1) is 0 Å². The lowest BCUT2D eigenvalue weighted by molar-refractivity contribution is 0.0218. The van der Waals surface area contributed by atoms with Gasteiger partial charge in [0, 0.05) is 24.5 Å². The van der Waals surface area contributed by atoms with Gasteiger partial charge in [0.2, 0.25) is 0 Å². The summed E-state index contributed by atoms with van der Waals surface area (Å²) in [6.45, 7) is 6.73. The molecule has 1 fully saturated rings. The van der Waals surface area contributed by atoms with Crippen molar-refractivity contribution in [1.29, 1.82) is 0 Å². The predicted molar refractivity (Wildman–Crippen MR) is 81.5 cm³/mol. The Balaban J connectivity index is 1.89. The Morgan fingerprint density at radius 2 is 2.00 bits per heavy atom. The maximum Gasteiger partial charge on any atom is 0.410 e. The molecular weight excluding hydrogens is 288 g/mol. The summed E-state index contributed by atoms with van der Waals surface area (Å²) in [5, 5.41) is 0.673. The van der Waals surface area contributed by atoms with Crippen LogP contribution in [0, 0.1) is 0 Å². The van der Waals surface area contributed by atoms with Crippen molar-refractivity contribution >= 4 is 16.9 Å². The smallest absolute Gasteiger partial charge is 0.410 e. The van der Waals surface area contributed by atoms with Gasteiger partial charge < -0.3 is 9.64 Å². The van der Waals surface area contributed by atoms with E-state index in [2.05, 4.69) is 4.98 Å². The number of hydrogen-bond donors (Lipinski definition) is 0. The second-order valence-electron chi connectivity index (χ2n) is 6.13. The lowest BCUT2D eigenvalue weighted by atomic mass is 10.1. The highest BCUT2D eigenvalue weighted by Crippen LogP contribution is 2.21. The third-order valence-electron chi connectivity index (χ3n) is 3.24. The molecule has 2 rings (SSSR count). The number of carbonyl (C=O) groups is 1. The van der Waals surface area contributed by atoms with Gasteiger partial charge in [-0.3, -0.25) is 4.21 Å². The minimum atomic E-state index is -1.11. The van der Waals surface area contributed by atoms with Gasteiger partial charge >= 0.3 is 6.09 Å². The average molecular weight is 310 g/mol. The molecule has 1 aromatic heterocycles. The van der Waals surface area contributed by atoms with Crippen molar-refractivity contribution in [2.24, 2.45) is 0 Å². The summed E-state index contributed by atoms with van der Waals surface area (Å²) in [6, 6.07) is 5.44. The molecule has 0 spiro atoms. The second kappa shape index (κ2) is 6.56. The average Bonchev–Trinajstić information content (AvgIpc) is 2.46. The molecular formula is C15H22N2O3S. The van der Waals surface area contributed by atoms with Crippen molar-refractivity contribution in [2.45, 2.75) is 49.5 Å². The summed E-state index contributed by atoms with van der Waals surface area (Å²) >= 11 is 0. The molecule has 0 aliphatic carbocycles. The minimum Gasteiger partial charge on any atom is -0.444 e.